The van der Waals surface area contributed by atoms with Crippen molar-refractivity contribution in [1.29, 1.82) is 0 Å². The summed E-state index contributed by atoms with van der Waals surface area (Å²) in [5, 5.41) is 31.3. The standard InChI is InChI=1S/C11H20N2O6/c1-2-18-6-3-12-11(17)13(4-6)10-9(16)8(15)7(5-14)19-10/h6-10,14-16H,2-5H2,1H3,(H,12,17)/t6?,7-,8-,9+,10-/m1/s1. The molecule has 5 atom stereocenters. The van der Waals surface area contributed by atoms with Crippen molar-refractivity contribution >= 4 is 6.03 Å². The predicted molar refractivity (Wildman–Crippen MR) is 63.3 cm³/mol. The SMILES string of the molecule is CCOC1CNC(=O)N([C@@H]2O[C@H](CO)[C@@H](O)[C@@H]2O)C1. The topological polar surface area (TPSA) is 111 Å². The maximum atomic E-state index is 11.8. The van der Waals surface area contributed by atoms with Crippen molar-refractivity contribution in [3.63, 3.8) is 0 Å². The van der Waals surface area contributed by atoms with E-state index >= 15 is 0 Å². The third kappa shape index (κ3) is 2.82. The van der Waals surface area contributed by atoms with Gasteiger partial charge in [-0.2, -0.15) is 0 Å². The second kappa shape index (κ2) is 6.02. The van der Waals surface area contributed by atoms with E-state index in [-0.39, 0.29) is 18.7 Å². The molecular weight excluding hydrogens is 256 g/mol. The number of aliphatic hydroxyl groups is 3. The fraction of sp³-hybridized carbons (Fsp3) is 0.909. The van der Waals surface area contributed by atoms with Crippen LogP contribution in [0.5, 0.6) is 0 Å². The van der Waals surface area contributed by atoms with Gasteiger partial charge >= 0.3 is 6.03 Å². The molecule has 2 rings (SSSR count). The van der Waals surface area contributed by atoms with Gasteiger partial charge in [0.05, 0.1) is 19.3 Å². The van der Waals surface area contributed by atoms with Gasteiger partial charge in [0.2, 0.25) is 0 Å². The number of carbonyl (C=O) groups excluding carboxylic acids is 1. The summed E-state index contributed by atoms with van der Waals surface area (Å²) in [5.41, 5.74) is 0. The third-order valence-corrected chi connectivity index (χ3v) is 3.37. The first-order chi connectivity index (χ1) is 9.08. The van der Waals surface area contributed by atoms with E-state index in [1.165, 1.54) is 4.90 Å². The Labute approximate surface area is 110 Å². The van der Waals surface area contributed by atoms with Gasteiger partial charge in [-0.05, 0) is 6.92 Å². The quantitative estimate of drug-likeness (QED) is 0.466. The zero-order valence-corrected chi connectivity index (χ0v) is 10.7. The molecule has 0 radical (unpaired) electrons. The summed E-state index contributed by atoms with van der Waals surface area (Å²) in [5.74, 6) is 0. The smallest absolute Gasteiger partial charge is 0.319 e. The average molecular weight is 276 g/mol. The second-order valence-electron chi connectivity index (χ2n) is 4.64. The molecule has 8 heteroatoms. The first-order valence-corrected chi connectivity index (χ1v) is 6.37. The lowest BCUT2D eigenvalue weighted by Gasteiger charge is -2.37. The van der Waals surface area contributed by atoms with Crippen molar-refractivity contribution in [2.75, 3.05) is 26.3 Å². The lowest BCUT2D eigenvalue weighted by atomic mass is 10.1. The molecule has 2 fully saturated rings. The second-order valence-corrected chi connectivity index (χ2v) is 4.64. The van der Waals surface area contributed by atoms with Gasteiger partial charge in [0.1, 0.15) is 18.3 Å². The van der Waals surface area contributed by atoms with Crippen LogP contribution in [-0.2, 0) is 9.47 Å². The number of amides is 2. The van der Waals surface area contributed by atoms with Crippen LogP contribution in [0, 0.1) is 0 Å². The van der Waals surface area contributed by atoms with E-state index < -0.39 is 31.1 Å². The molecule has 2 amide bonds. The Morgan fingerprint density at radius 3 is 2.79 bits per heavy atom. The third-order valence-electron chi connectivity index (χ3n) is 3.37. The number of hydrogen-bond acceptors (Lipinski definition) is 6. The Balaban J connectivity index is 2.05. The fourth-order valence-electron chi connectivity index (χ4n) is 2.37. The van der Waals surface area contributed by atoms with E-state index in [2.05, 4.69) is 5.32 Å². The first kappa shape index (κ1) is 14.5. The van der Waals surface area contributed by atoms with Crippen molar-refractivity contribution in [2.24, 2.45) is 0 Å². The normalized spacial score (nSPS) is 39.5. The Morgan fingerprint density at radius 1 is 1.47 bits per heavy atom. The Morgan fingerprint density at radius 2 is 2.21 bits per heavy atom. The van der Waals surface area contributed by atoms with E-state index in [4.69, 9.17) is 14.6 Å². The van der Waals surface area contributed by atoms with Crippen molar-refractivity contribution < 1.29 is 29.6 Å². The van der Waals surface area contributed by atoms with Crippen molar-refractivity contribution in [2.45, 2.75) is 37.6 Å². The summed E-state index contributed by atoms with van der Waals surface area (Å²) < 4.78 is 10.8. The molecule has 0 aromatic rings. The molecule has 0 aromatic heterocycles. The number of urea groups is 1. The highest BCUT2D eigenvalue weighted by Crippen LogP contribution is 2.25. The molecule has 2 aliphatic heterocycles. The van der Waals surface area contributed by atoms with Crippen LogP contribution >= 0.6 is 0 Å². The van der Waals surface area contributed by atoms with Crippen LogP contribution in [0.2, 0.25) is 0 Å². The molecule has 0 aliphatic carbocycles. The number of rotatable bonds is 4. The highest BCUT2D eigenvalue weighted by Gasteiger charge is 2.47. The number of nitrogens with one attached hydrogen (secondary N) is 1. The number of nitrogens with zero attached hydrogens (tertiary/aromatic N) is 1. The molecule has 0 spiro atoms. The number of hydrogen-bond donors (Lipinski definition) is 4. The largest absolute Gasteiger partial charge is 0.394 e. The first-order valence-electron chi connectivity index (χ1n) is 6.37. The van der Waals surface area contributed by atoms with Crippen LogP contribution in [0.15, 0.2) is 0 Å². The lowest BCUT2D eigenvalue weighted by molar-refractivity contribution is -0.0984. The molecule has 0 aromatic carbocycles. The van der Waals surface area contributed by atoms with Crippen molar-refractivity contribution in [1.82, 2.24) is 10.2 Å². The summed E-state index contributed by atoms with van der Waals surface area (Å²) in [4.78, 5) is 13.1. The molecule has 4 N–H and O–H groups in total. The van der Waals surface area contributed by atoms with Crippen LogP contribution in [-0.4, -0.2) is 83.2 Å². The van der Waals surface area contributed by atoms with Gasteiger partial charge in [0.15, 0.2) is 6.23 Å². The zero-order valence-electron chi connectivity index (χ0n) is 10.7. The summed E-state index contributed by atoms with van der Waals surface area (Å²) in [6.07, 6.45) is -4.52. The molecule has 19 heavy (non-hydrogen) atoms. The number of aliphatic hydroxyl groups excluding tert-OH is 3. The van der Waals surface area contributed by atoms with E-state index in [0.717, 1.165) is 0 Å². The van der Waals surface area contributed by atoms with Gasteiger partial charge in [-0.3, -0.25) is 4.90 Å². The van der Waals surface area contributed by atoms with E-state index in [0.29, 0.717) is 13.2 Å². The van der Waals surface area contributed by atoms with Crippen LogP contribution in [0.3, 0.4) is 0 Å². The maximum Gasteiger partial charge on any atom is 0.319 e. The Bertz CT molecular complexity index is 328. The predicted octanol–water partition coefficient (Wildman–Crippen LogP) is -2.14. The van der Waals surface area contributed by atoms with Gasteiger partial charge < -0.3 is 30.1 Å². The molecule has 2 heterocycles. The molecule has 2 saturated heterocycles. The van der Waals surface area contributed by atoms with E-state index in [1.54, 1.807) is 0 Å². The molecule has 0 bridgehead atoms. The van der Waals surface area contributed by atoms with Crippen molar-refractivity contribution in [3.8, 4) is 0 Å². The average Bonchev–Trinajstić information content (AvgIpc) is 2.69. The summed E-state index contributed by atoms with van der Waals surface area (Å²) in [6.45, 7) is 2.63. The Hall–Kier alpha value is -0.930. The monoisotopic (exact) mass is 276 g/mol. The lowest BCUT2D eigenvalue weighted by Crippen LogP contribution is -2.60. The van der Waals surface area contributed by atoms with Crippen LogP contribution in [0.1, 0.15) is 6.92 Å². The van der Waals surface area contributed by atoms with Gasteiger partial charge in [0.25, 0.3) is 0 Å². The summed E-state index contributed by atoms with van der Waals surface area (Å²) in [7, 11) is 0. The molecule has 8 nitrogen and oxygen atoms in total. The molecule has 2 aliphatic rings. The van der Waals surface area contributed by atoms with Gasteiger partial charge in [-0.1, -0.05) is 0 Å². The Kier molecular flexibility index (Phi) is 4.58. The van der Waals surface area contributed by atoms with Crippen LogP contribution < -0.4 is 5.32 Å². The van der Waals surface area contributed by atoms with Crippen molar-refractivity contribution in [3.05, 3.63) is 0 Å². The highest BCUT2D eigenvalue weighted by molar-refractivity contribution is 5.75. The minimum absolute atomic E-state index is 0.191. The van der Waals surface area contributed by atoms with Crippen LogP contribution in [0.4, 0.5) is 4.79 Å². The number of ether oxygens (including phenoxy) is 2. The maximum absolute atomic E-state index is 11.8. The molecule has 110 valence electrons. The van der Waals surface area contributed by atoms with Gasteiger partial charge in [0, 0.05) is 13.2 Å². The fourth-order valence-corrected chi connectivity index (χ4v) is 2.37. The highest BCUT2D eigenvalue weighted by atomic mass is 16.6. The molecular formula is C11H20N2O6. The van der Waals surface area contributed by atoms with E-state index in [9.17, 15) is 15.0 Å². The van der Waals surface area contributed by atoms with Gasteiger partial charge in [-0.15, -0.1) is 0 Å². The van der Waals surface area contributed by atoms with E-state index in [1.807, 2.05) is 6.92 Å². The molecule has 1 unspecified atom stereocenters. The minimum atomic E-state index is -1.25. The van der Waals surface area contributed by atoms with Crippen LogP contribution in [0.25, 0.3) is 0 Å². The number of carbonyl (C=O) groups is 1. The van der Waals surface area contributed by atoms with Gasteiger partial charge in [-0.25, -0.2) is 4.79 Å². The summed E-state index contributed by atoms with van der Waals surface area (Å²) >= 11 is 0. The minimum Gasteiger partial charge on any atom is -0.394 e. The zero-order chi connectivity index (χ0) is 14.0. The summed E-state index contributed by atoms with van der Waals surface area (Å²) in [6, 6.07) is -0.384. The molecule has 0 saturated carbocycles.